The fourth-order valence-electron chi connectivity index (χ4n) is 4.23. The van der Waals surface area contributed by atoms with E-state index in [0.717, 1.165) is 11.1 Å². The van der Waals surface area contributed by atoms with Gasteiger partial charge in [0.1, 0.15) is 6.61 Å². The molecule has 0 spiro atoms. The summed E-state index contributed by atoms with van der Waals surface area (Å²) in [6.45, 7) is 12.1. The Morgan fingerprint density at radius 1 is 1.03 bits per heavy atom. The third kappa shape index (κ3) is 6.07. The van der Waals surface area contributed by atoms with Gasteiger partial charge in [0.2, 0.25) is 5.91 Å². The average Bonchev–Trinajstić information content (AvgIpc) is 2.81. The summed E-state index contributed by atoms with van der Waals surface area (Å²) >= 11 is 0. The van der Waals surface area contributed by atoms with Gasteiger partial charge in [-0.15, -0.1) is 0 Å². The van der Waals surface area contributed by atoms with Crippen LogP contribution < -0.4 is 5.73 Å². The van der Waals surface area contributed by atoms with Crippen molar-refractivity contribution in [2.75, 3.05) is 13.2 Å². The monoisotopic (exact) mass is 482 g/mol. The summed E-state index contributed by atoms with van der Waals surface area (Å²) in [6.07, 6.45) is 0.194. The number of piperidine rings is 1. The molecule has 0 aromatic heterocycles. The van der Waals surface area contributed by atoms with E-state index >= 15 is 0 Å². The Hall–Kier alpha value is -2.64. The predicted molar refractivity (Wildman–Crippen MR) is 136 cm³/mol. The fraction of sp³-hybridized carbons (Fsp3) is 0.481. The summed E-state index contributed by atoms with van der Waals surface area (Å²) in [7, 11) is -2.00. The van der Waals surface area contributed by atoms with Gasteiger partial charge in [-0.1, -0.05) is 81.4 Å². The Kier molecular flexibility index (Phi) is 8.20. The summed E-state index contributed by atoms with van der Waals surface area (Å²) in [5.41, 5.74) is 7.76. The second kappa shape index (κ2) is 10.7. The van der Waals surface area contributed by atoms with Crippen molar-refractivity contribution in [3.8, 4) is 0 Å². The molecule has 7 heteroatoms. The van der Waals surface area contributed by atoms with Crippen LogP contribution in [0, 0.1) is 11.8 Å². The lowest BCUT2D eigenvalue weighted by molar-refractivity contribution is -0.129. The summed E-state index contributed by atoms with van der Waals surface area (Å²) in [5.74, 6) is -1.06. The maximum absolute atomic E-state index is 13.2. The molecule has 1 saturated heterocycles. The van der Waals surface area contributed by atoms with E-state index in [1.807, 2.05) is 60.7 Å². The summed E-state index contributed by atoms with van der Waals surface area (Å²) < 4.78 is 12.1. The fourth-order valence-corrected chi connectivity index (χ4v) is 5.29. The number of ether oxygens (including phenoxy) is 1. The van der Waals surface area contributed by atoms with E-state index in [1.54, 1.807) is 4.90 Å². The molecule has 1 aliphatic rings. The van der Waals surface area contributed by atoms with Gasteiger partial charge in [-0.3, -0.25) is 4.79 Å². The van der Waals surface area contributed by atoms with Gasteiger partial charge in [0, 0.05) is 13.2 Å². The number of primary amides is 1. The van der Waals surface area contributed by atoms with Gasteiger partial charge in [-0.2, -0.15) is 0 Å². The highest BCUT2D eigenvalue weighted by Gasteiger charge is 2.46. The highest BCUT2D eigenvalue weighted by molar-refractivity contribution is 6.74. The number of amides is 2. The molecule has 3 rings (SSSR count). The average molecular weight is 483 g/mol. The quantitative estimate of drug-likeness (QED) is 0.528. The summed E-state index contributed by atoms with van der Waals surface area (Å²) in [6, 6.07) is 18.7. The van der Waals surface area contributed by atoms with Crippen molar-refractivity contribution in [3.05, 3.63) is 71.8 Å². The van der Waals surface area contributed by atoms with E-state index < -0.39 is 32.3 Å². The zero-order valence-electron chi connectivity index (χ0n) is 21.0. The Balaban J connectivity index is 1.84. The van der Waals surface area contributed by atoms with E-state index in [0.29, 0.717) is 19.6 Å². The molecule has 2 aromatic rings. The van der Waals surface area contributed by atoms with Crippen LogP contribution in [0.4, 0.5) is 4.79 Å². The van der Waals surface area contributed by atoms with Crippen molar-refractivity contribution < 1.29 is 18.8 Å². The first-order valence-corrected chi connectivity index (χ1v) is 14.9. The first-order valence-electron chi connectivity index (χ1n) is 12.0. The van der Waals surface area contributed by atoms with Crippen LogP contribution in [0.3, 0.4) is 0 Å². The molecule has 6 nitrogen and oxygen atoms in total. The topological polar surface area (TPSA) is 81.9 Å². The standard InChI is InChI=1S/C27H38N2O4Si/c1-27(2,3)34(4,5)33-19-22-16-17-29(26(31)32-18-20-12-8-6-9-13-20)24(23(22)25(28)30)21-14-10-7-11-15-21/h6-15,22-24H,16-19H2,1-5H3,(H2,28,30). The largest absolute Gasteiger partial charge is 0.445 e. The van der Waals surface area contributed by atoms with Crippen molar-refractivity contribution in [2.45, 2.75) is 58.0 Å². The Labute approximate surface area is 204 Å². The van der Waals surface area contributed by atoms with Crippen LogP contribution in [-0.2, 0) is 20.6 Å². The smallest absolute Gasteiger partial charge is 0.410 e. The number of likely N-dealkylation sites (tertiary alicyclic amines) is 1. The van der Waals surface area contributed by atoms with Gasteiger partial charge in [0.05, 0.1) is 12.0 Å². The van der Waals surface area contributed by atoms with Gasteiger partial charge in [-0.05, 0) is 41.6 Å². The number of nitrogens with two attached hydrogens (primary N) is 1. The number of rotatable bonds is 7. The lowest BCUT2D eigenvalue weighted by Gasteiger charge is -2.45. The minimum Gasteiger partial charge on any atom is -0.445 e. The normalized spacial score (nSPS) is 21.2. The molecular formula is C27H38N2O4Si. The third-order valence-corrected chi connectivity index (χ3v) is 11.8. The maximum Gasteiger partial charge on any atom is 0.410 e. The zero-order chi connectivity index (χ0) is 24.9. The van der Waals surface area contributed by atoms with Crippen LogP contribution in [0.15, 0.2) is 60.7 Å². The first kappa shape index (κ1) is 26.0. The molecule has 1 heterocycles. The molecule has 1 fully saturated rings. The van der Waals surface area contributed by atoms with Gasteiger partial charge < -0.3 is 19.8 Å². The second-order valence-corrected chi connectivity index (χ2v) is 15.4. The molecular weight excluding hydrogens is 444 g/mol. The lowest BCUT2D eigenvalue weighted by Crippen LogP contribution is -2.52. The van der Waals surface area contributed by atoms with Crippen LogP contribution in [0.5, 0.6) is 0 Å². The van der Waals surface area contributed by atoms with Gasteiger partial charge >= 0.3 is 6.09 Å². The van der Waals surface area contributed by atoms with Gasteiger partial charge in [-0.25, -0.2) is 4.79 Å². The van der Waals surface area contributed by atoms with Crippen LogP contribution in [0.1, 0.15) is 44.4 Å². The highest BCUT2D eigenvalue weighted by atomic mass is 28.4. The van der Waals surface area contributed by atoms with E-state index in [-0.39, 0.29) is 17.6 Å². The van der Waals surface area contributed by atoms with Gasteiger partial charge in [0.15, 0.2) is 8.32 Å². The van der Waals surface area contributed by atoms with E-state index in [2.05, 4.69) is 33.9 Å². The molecule has 0 aliphatic carbocycles. The summed E-state index contributed by atoms with van der Waals surface area (Å²) in [4.78, 5) is 27.7. The molecule has 2 aromatic carbocycles. The van der Waals surface area contributed by atoms with Crippen molar-refractivity contribution in [2.24, 2.45) is 17.6 Å². The van der Waals surface area contributed by atoms with E-state index in [9.17, 15) is 9.59 Å². The first-order chi connectivity index (χ1) is 16.0. The molecule has 2 N–H and O–H groups in total. The third-order valence-electron chi connectivity index (χ3n) is 7.30. The van der Waals surface area contributed by atoms with Gasteiger partial charge in [0.25, 0.3) is 0 Å². The molecule has 2 amide bonds. The maximum atomic E-state index is 13.2. The van der Waals surface area contributed by atoms with Crippen LogP contribution in [0.25, 0.3) is 0 Å². The van der Waals surface area contributed by atoms with E-state index in [4.69, 9.17) is 14.9 Å². The number of hydrogen-bond acceptors (Lipinski definition) is 4. The molecule has 0 bridgehead atoms. The minimum atomic E-state index is -2.00. The Morgan fingerprint density at radius 3 is 2.18 bits per heavy atom. The molecule has 3 atom stereocenters. The van der Waals surface area contributed by atoms with Crippen LogP contribution in [-0.4, -0.2) is 38.4 Å². The molecule has 184 valence electrons. The SMILES string of the molecule is CC(C)(C)[Si](C)(C)OCC1CCN(C(=O)OCc2ccccc2)C(c2ccccc2)C1C(N)=O. The van der Waals surface area contributed by atoms with Crippen molar-refractivity contribution in [1.29, 1.82) is 0 Å². The van der Waals surface area contributed by atoms with Crippen LogP contribution in [0.2, 0.25) is 18.1 Å². The number of hydrogen-bond donors (Lipinski definition) is 1. The number of carbonyl (C=O) groups excluding carboxylic acids is 2. The van der Waals surface area contributed by atoms with Crippen LogP contribution >= 0.6 is 0 Å². The number of nitrogens with zero attached hydrogens (tertiary/aromatic N) is 1. The van der Waals surface area contributed by atoms with E-state index in [1.165, 1.54) is 0 Å². The minimum absolute atomic E-state index is 0.0655. The predicted octanol–water partition coefficient (Wildman–Crippen LogP) is 5.51. The highest BCUT2D eigenvalue weighted by Crippen LogP contribution is 2.42. The molecule has 1 aliphatic heterocycles. The molecule has 34 heavy (non-hydrogen) atoms. The molecule has 0 saturated carbocycles. The lowest BCUT2D eigenvalue weighted by atomic mass is 9.77. The zero-order valence-corrected chi connectivity index (χ0v) is 22.0. The Bertz CT molecular complexity index is 960. The summed E-state index contributed by atoms with van der Waals surface area (Å²) in [5, 5.41) is 0.0655. The second-order valence-electron chi connectivity index (χ2n) is 10.6. The van der Waals surface area contributed by atoms with Crippen molar-refractivity contribution >= 4 is 20.3 Å². The number of carbonyl (C=O) groups is 2. The molecule has 3 unspecified atom stereocenters. The molecule has 0 radical (unpaired) electrons. The van der Waals surface area contributed by atoms with Crippen molar-refractivity contribution in [1.82, 2.24) is 4.90 Å². The Morgan fingerprint density at radius 2 is 1.62 bits per heavy atom. The number of benzene rings is 2. The van der Waals surface area contributed by atoms with Crippen molar-refractivity contribution in [3.63, 3.8) is 0 Å².